The third kappa shape index (κ3) is 2.51. The lowest BCUT2D eigenvalue weighted by molar-refractivity contribution is 1.31. The fourth-order valence-corrected chi connectivity index (χ4v) is 2.65. The number of nitrogen functional groups attached to an aromatic ring is 1. The zero-order valence-corrected chi connectivity index (χ0v) is 12.3. The van der Waals surface area contributed by atoms with Crippen LogP contribution in [0.5, 0.6) is 0 Å². The summed E-state index contributed by atoms with van der Waals surface area (Å²) < 4.78 is 0. The third-order valence-corrected chi connectivity index (χ3v) is 3.76. The molecule has 0 unspecified atom stereocenters. The van der Waals surface area contributed by atoms with Crippen LogP contribution in [0.3, 0.4) is 0 Å². The van der Waals surface area contributed by atoms with Gasteiger partial charge in [0.2, 0.25) is 0 Å². The minimum absolute atomic E-state index is 0.727. The van der Waals surface area contributed by atoms with Gasteiger partial charge in [-0.1, -0.05) is 12.1 Å². The van der Waals surface area contributed by atoms with Crippen LogP contribution < -0.4 is 5.73 Å². The standard InChI is InChI=1S/C19H14N4/c20-15-3-1-2-14(12-15)17-4-5-18-19(23-17)16(8-11-22-18)13-6-9-21-10-7-13/h1-12H,20H2. The largest absolute Gasteiger partial charge is 0.399 e. The fourth-order valence-electron chi connectivity index (χ4n) is 2.65. The van der Waals surface area contributed by atoms with Gasteiger partial charge in [-0.2, -0.15) is 0 Å². The van der Waals surface area contributed by atoms with E-state index in [9.17, 15) is 0 Å². The van der Waals surface area contributed by atoms with Crippen molar-refractivity contribution >= 4 is 16.7 Å². The summed E-state index contributed by atoms with van der Waals surface area (Å²) in [6.45, 7) is 0. The highest BCUT2D eigenvalue weighted by Gasteiger charge is 2.08. The van der Waals surface area contributed by atoms with Crippen molar-refractivity contribution < 1.29 is 0 Å². The van der Waals surface area contributed by atoms with Crippen molar-refractivity contribution in [2.45, 2.75) is 0 Å². The van der Waals surface area contributed by atoms with E-state index in [2.05, 4.69) is 9.97 Å². The van der Waals surface area contributed by atoms with Gasteiger partial charge >= 0.3 is 0 Å². The Morgan fingerprint density at radius 1 is 0.783 bits per heavy atom. The molecule has 4 heteroatoms. The topological polar surface area (TPSA) is 64.7 Å². The molecule has 3 aromatic heterocycles. The molecule has 3 heterocycles. The first-order chi connectivity index (χ1) is 11.3. The van der Waals surface area contributed by atoms with Gasteiger partial charge in [-0.05, 0) is 48.0 Å². The van der Waals surface area contributed by atoms with Crippen molar-refractivity contribution in [3.05, 3.63) is 73.2 Å². The number of fused-ring (bicyclic) bond motifs is 1. The van der Waals surface area contributed by atoms with Crippen molar-refractivity contribution in [2.24, 2.45) is 0 Å². The number of benzene rings is 1. The summed E-state index contributed by atoms with van der Waals surface area (Å²) in [5.41, 5.74) is 12.3. The highest BCUT2D eigenvalue weighted by atomic mass is 14.8. The highest BCUT2D eigenvalue weighted by Crippen LogP contribution is 2.28. The second-order valence-corrected chi connectivity index (χ2v) is 5.28. The Labute approximate surface area is 133 Å². The van der Waals surface area contributed by atoms with Crippen LogP contribution in [-0.2, 0) is 0 Å². The van der Waals surface area contributed by atoms with E-state index >= 15 is 0 Å². The van der Waals surface area contributed by atoms with Crippen LogP contribution in [0.4, 0.5) is 5.69 Å². The number of nitrogens with two attached hydrogens (primary N) is 1. The predicted octanol–water partition coefficient (Wildman–Crippen LogP) is 3.94. The summed E-state index contributed by atoms with van der Waals surface area (Å²) in [5.74, 6) is 0. The Bertz CT molecular complexity index is 981. The molecule has 0 bridgehead atoms. The SMILES string of the molecule is Nc1cccc(-c2ccc3nccc(-c4ccncc4)c3n2)c1. The van der Waals surface area contributed by atoms with Crippen molar-refractivity contribution in [2.75, 3.05) is 5.73 Å². The molecule has 0 fully saturated rings. The Balaban J connectivity index is 1.94. The van der Waals surface area contributed by atoms with E-state index in [1.165, 1.54) is 0 Å². The molecule has 4 rings (SSSR count). The van der Waals surface area contributed by atoms with Crippen LogP contribution in [0.15, 0.2) is 73.2 Å². The number of hydrogen-bond acceptors (Lipinski definition) is 4. The molecule has 0 aliphatic carbocycles. The molecule has 4 aromatic rings. The summed E-state index contributed by atoms with van der Waals surface area (Å²) in [4.78, 5) is 13.3. The lowest BCUT2D eigenvalue weighted by Gasteiger charge is -2.08. The maximum atomic E-state index is 5.88. The molecule has 1 aromatic carbocycles. The number of anilines is 1. The van der Waals surface area contributed by atoms with E-state index < -0.39 is 0 Å². The molecular weight excluding hydrogens is 284 g/mol. The van der Waals surface area contributed by atoms with Crippen LogP contribution in [0.1, 0.15) is 0 Å². The van der Waals surface area contributed by atoms with Gasteiger partial charge in [0.1, 0.15) is 0 Å². The summed E-state index contributed by atoms with van der Waals surface area (Å²) in [7, 11) is 0. The van der Waals surface area contributed by atoms with E-state index in [4.69, 9.17) is 10.7 Å². The van der Waals surface area contributed by atoms with Gasteiger partial charge in [-0.15, -0.1) is 0 Å². The minimum Gasteiger partial charge on any atom is -0.399 e. The molecule has 0 spiro atoms. The Hall–Kier alpha value is -3.27. The van der Waals surface area contributed by atoms with Crippen LogP contribution in [0.2, 0.25) is 0 Å². The Morgan fingerprint density at radius 2 is 1.65 bits per heavy atom. The molecule has 110 valence electrons. The zero-order chi connectivity index (χ0) is 15.6. The molecule has 0 saturated heterocycles. The average molecular weight is 298 g/mol. The fraction of sp³-hybridized carbons (Fsp3) is 0. The average Bonchev–Trinajstić information content (AvgIpc) is 2.61. The van der Waals surface area contributed by atoms with Gasteiger partial charge in [0, 0.05) is 35.4 Å². The first-order valence-corrected chi connectivity index (χ1v) is 7.33. The Morgan fingerprint density at radius 3 is 2.48 bits per heavy atom. The quantitative estimate of drug-likeness (QED) is 0.569. The minimum atomic E-state index is 0.727. The molecule has 4 nitrogen and oxygen atoms in total. The molecule has 23 heavy (non-hydrogen) atoms. The summed E-state index contributed by atoms with van der Waals surface area (Å²) in [6, 6.07) is 17.6. The summed E-state index contributed by atoms with van der Waals surface area (Å²) >= 11 is 0. The summed E-state index contributed by atoms with van der Waals surface area (Å²) in [6.07, 6.45) is 5.37. The second kappa shape index (κ2) is 5.50. The van der Waals surface area contributed by atoms with E-state index in [1.54, 1.807) is 18.6 Å². The number of hydrogen-bond donors (Lipinski definition) is 1. The first kappa shape index (κ1) is 13.4. The number of rotatable bonds is 2. The molecule has 0 radical (unpaired) electrons. The van der Waals surface area contributed by atoms with Gasteiger partial charge in [-0.3, -0.25) is 9.97 Å². The molecule has 0 atom stereocenters. The van der Waals surface area contributed by atoms with Crippen molar-refractivity contribution in [1.29, 1.82) is 0 Å². The molecule has 0 aliphatic heterocycles. The maximum Gasteiger partial charge on any atom is 0.0972 e. The predicted molar refractivity (Wildman–Crippen MR) is 92.6 cm³/mol. The molecule has 0 amide bonds. The lowest BCUT2D eigenvalue weighted by atomic mass is 10.0. The smallest absolute Gasteiger partial charge is 0.0972 e. The van der Waals surface area contributed by atoms with Crippen molar-refractivity contribution in [3.63, 3.8) is 0 Å². The van der Waals surface area contributed by atoms with E-state index in [-0.39, 0.29) is 0 Å². The normalized spacial score (nSPS) is 10.8. The number of nitrogens with zero attached hydrogens (tertiary/aromatic N) is 3. The van der Waals surface area contributed by atoms with Gasteiger partial charge in [0.05, 0.1) is 16.7 Å². The van der Waals surface area contributed by atoms with Crippen molar-refractivity contribution in [3.8, 4) is 22.4 Å². The van der Waals surface area contributed by atoms with E-state index in [0.29, 0.717) is 0 Å². The van der Waals surface area contributed by atoms with Crippen LogP contribution in [0, 0.1) is 0 Å². The van der Waals surface area contributed by atoms with Crippen LogP contribution in [0.25, 0.3) is 33.4 Å². The molecule has 0 aliphatic rings. The molecule has 2 N–H and O–H groups in total. The van der Waals surface area contributed by atoms with E-state index in [1.807, 2.05) is 54.6 Å². The molecular formula is C19H14N4. The van der Waals surface area contributed by atoms with Crippen molar-refractivity contribution in [1.82, 2.24) is 15.0 Å². The van der Waals surface area contributed by atoms with Gasteiger partial charge in [0.25, 0.3) is 0 Å². The molecule has 0 saturated carbocycles. The zero-order valence-electron chi connectivity index (χ0n) is 12.3. The Kier molecular flexibility index (Phi) is 3.20. The van der Waals surface area contributed by atoms with Crippen LogP contribution >= 0.6 is 0 Å². The van der Waals surface area contributed by atoms with Gasteiger partial charge < -0.3 is 5.73 Å². The number of pyridine rings is 3. The summed E-state index contributed by atoms with van der Waals surface area (Å²) in [5, 5.41) is 0. The van der Waals surface area contributed by atoms with Gasteiger partial charge in [-0.25, -0.2) is 4.98 Å². The maximum absolute atomic E-state index is 5.88. The number of aromatic nitrogens is 3. The van der Waals surface area contributed by atoms with Gasteiger partial charge in [0.15, 0.2) is 0 Å². The van der Waals surface area contributed by atoms with E-state index in [0.717, 1.165) is 39.1 Å². The third-order valence-electron chi connectivity index (χ3n) is 3.76. The lowest BCUT2D eigenvalue weighted by Crippen LogP contribution is -1.92. The highest BCUT2D eigenvalue weighted by molar-refractivity contribution is 5.92. The van der Waals surface area contributed by atoms with Crippen LogP contribution in [-0.4, -0.2) is 15.0 Å². The first-order valence-electron chi connectivity index (χ1n) is 7.33. The second-order valence-electron chi connectivity index (χ2n) is 5.28. The monoisotopic (exact) mass is 298 g/mol.